The van der Waals surface area contributed by atoms with Crippen LogP contribution in [0, 0.1) is 0 Å². The van der Waals surface area contributed by atoms with Gasteiger partial charge in [-0.3, -0.25) is 24.0 Å². The van der Waals surface area contributed by atoms with Crippen LogP contribution >= 0.6 is 0 Å². The molecular weight excluding hydrogens is 700 g/mol. The van der Waals surface area contributed by atoms with Crippen molar-refractivity contribution < 1.29 is 63.6 Å². The first-order valence-corrected chi connectivity index (χ1v) is 16.3. The van der Waals surface area contributed by atoms with E-state index >= 15 is 0 Å². The molecule has 0 bridgehead atoms. The van der Waals surface area contributed by atoms with Gasteiger partial charge in [0.2, 0.25) is 11.8 Å². The number of amides is 2. The number of benzene rings is 2. The Hall–Kier alpha value is -6.53. The predicted octanol–water partition coefficient (Wildman–Crippen LogP) is 1.15. The lowest BCUT2D eigenvalue weighted by Crippen LogP contribution is -2.43. The van der Waals surface area contributed by atoms with Crippen LogP contribution in [0.15, 0.2) is 52.6 Å². The van der Waals surface area contributed by atoms with Gasteiger partial charge < -0.3 is 51.7 Å². The highest BCUT2D eigenvalue weighted by Gasteiger charge is 2.44. The molecule has 9 N–H and O–H groups in total. The number of hydrogen-bond donors (Lipinski definition) is 7. The lowest BCUT2D eigenvalue weighted by molar-refractivity contribution is -0.151. The predicted molar refractivity (Wildman–Crippen MR) is 182 cm³/mol. The van der Waals surface area contributed by atoms with Crippen molar-refractivity contribution in [3.05, 3.63) is 59.2 Å². The quantitative estimate of drug-likeness (QED) is 0.0550. The number of ether oxygens (including phenoxy) is 1. The number of esters is 1. The zero-order chi connectivity index (χ0) is 38.9. The van der Waals surface area contributed by atoms with E-state index in [1.54, 1.807) is 17.0 Å². The van der Waals surface area contributed by atoms with Gasteiger partial charge in [-0.15, -0.1) is 0 Å². The molecule has 2 aromatic rings. The molecule has 4 rings (SSSR count). The largest absolute Gasteiger partial charge is 0.481 e. The minimum atomic E-state index is -1.66. The van der Waals surface area contributed by atoms with Gasteiger partial charge in [0.15, 0.2) is 11.6 Å². The number of nitrogens with one attached hydrogen (secondary N) is 1. The average molecular weight is 739 g/mol. The summed E-state index contributed by atoms with van der Waals surface area (Å²) < 4.78 is 5.64. The van der Waals surface area contributed by atoms with Gasteiger partial charge in [-0.05, 0) is 60.7 Å². The molecule has 0 radical (unpaired) electrons. The van der Waals surface area contributed by atoms with E-state index in [2.05, 4.69) is 15.5 Å². The van der Waals surface area contributed by atoms with Gasteiger partial charge in [-0.25, -0.2) is 14.6 Å². The van der Waals surface area contributed by atoms with Crippen LogP contribution in [0.4, 0.5) is 5.69 Å². The maximum absolute atomic E-state index is 13.0. The monoisotopic (exact) mass is 738 g/mol. The number of nitrogens with two attached hydrogens (primary N) is 2. The van der Waals surface area contributed by atoms with E-state index in [0.29, 0.717) is 29.7 Å². The van der Waals surface area contributed by atoms with Gasteiger partial charge in [0, 0.05) is 37.9 Å². The minimum absolute atomic E-state index is 0.109. The summed E-state index contributed by atoms with van der Waals surface area (Å²) in [4.78, 5) is 94.6. The number of carboxylic acid groups (broad SMARTS) is 4. The molecule has 0 saturated carbocycles. The first-order chi connectivity index (χ1) is 25.0. The molecule has 0 unspecified atom stereocenters. The molecule has 2 heterocycles. The highest BCUT2D eigenvalue weighted by molar-refractivity contribution is 6.04. The summed E-state index contributed by atoms with van der Waals surface area (Å²) in [5.41, 5.74) is 11.1. The van der Waals surface area contributed by atoms with E-state index in [1.807, 2.05) is 0 Å². The van der Waals surface area contributed by atoms with Crippen LogP contribution < -0.4 is 21.5 Å². The Morgan fingerprint density at radius 3 is 2.13 bits per heavy atom. The van der Waals surface area contributed by atoms with Gasteiger partial charge in [-0.1, -0.05) is 11.2 Å². The number of oxime groups is 1. The molecule has 19 nitrogen and oxygen atoms in total. The molecule has 1 fully saturated rings. The third-order valence-corrected chi connectivity index (χ3v) is 8.56. The Morgan fingerprint density at radius 1 is 0.925 bits per heavy atom. The topological polar surface area (TPSA) is 311 Å². The number of piperidine rings is 1. The summed E-state index contributed by atoms with van der Waals surface area (Å²) in [5, 5.41) is 43.2. The van der Waals surface area contributed by atoms with Gasteiger partial charge in [0.1, 0.15) is 11.8 Å². The Labute approximate surface area is 301 Å². The smallest absolute Gasteiger partial charge is 0.343 e. The van der Waals surface area contributed by atoms with Crippen molar-refractivity contribution in [3.63, 3.8) is 0 Å². The molecule has 2 aromatic carbocycles. The first kappa shape index (κ1) is 39.3. The third-order valence-electron chi connectivity index (χ3n) is 8.56. The molecule has 53 heavy (non-hydrogen) atoms. The Bertz CT molecular complexity index is 1810. The van der Waals surface area contributed by atoms with Crippen LogP contribution in [0.1, 0.15) is 78.8 Å². The number of hydrogen-bond acceptors (Lipinski definition) is 11. The van der Waals surface area contributed by atoms with Crippen LogP contribution in [0.25, 0.3) is 0 Å². The zero-order valence-electron chi connectivity index (χ0n) is 28.2. The third kappa shape index (κ3) is 11.0. The fraction of sp³-hybridized carbons (Fsp3) is 0.382. The van der Waals surface area contributed by atoms with E-state index in [-0.39, 0.29) is 67.2 Å². The average Bonchev–Trinajstić information content (AvgIpc) is 3.48. The summed E-state index contributed by atoms with van der Waals surface area (Å²) in [6.45, 7) is 0.553. The molecule has 0 spiro atoms. The first-order valence-electron chi connectivity index (χ1n) is 16.3. The second-order valence-electron chi connectivity index (χ2n) is 12.6. The van der Waals surface area contributed by atoms with Crippen molar-refractivity contribution in [1.82, 2.24) is 10.2 Å². The maximum Gasteiger partial charge on any atom is 0.343 e. The zero-order valence-corrected chi connectivity index (χ0v) is 28.2. The van der Waals surface area contributed by atoms with E-state index in [4.69, 9.17) is 31.3 Å². The number of rotatable bonds is 16. The van der Waals surface area contributed by atoms with Crippen molar-refractivity contribution in [1.29, 1.82) is 0 Å². The summed E-state index contributed by atoms with van der Waals surface area (Å²) >= 11 is 0. The van der Waals surface area contributed by atoms with Crippen molar-refractivity contribution in [2.45, 2.75) is 68.9 Å². The van der Waals surface area contributed by atoms with Crippen molar-refractivity contribution in [2.24, 2.45) is 21.6 Å². The number of aliphatic imine (C=N–C) groups is 1. The standard InChI is InChI=1S/C34H38N6O13/c35-33(36)37-20-3-1-19(2-4-20)32(51)52-21-5-6-22(23(13-21)25-15-34(53-39-25,16-29(45)46)17-30(47)48)18-9-11-40(12-10-18)27(42)8-7-26(41)38-24(31(49)50)14-28(43)44/h1-6,13,18,24H,7-12,14-17H2,(H,38,41)(H,43,44)(H,45,46)(H,47,48)(H,49,50)(H4,35,36,37)/t24-/m0/s1. The van der Waals surface area contributed by atoms with Crippen LogP contribution in [0.3, 0.4) is 0 Å². The van der Waals surface area contributed by atoms with Gasteiger partial charge in [-0.2, -0.15) is 0 Å². The summed E-state index contributed by atoms with van der Waals surface area (Å²) in [6.07, 6.45) is -1.96. The molecule has 0 aliphatic carbocycles. The summed E-state index contributed by atoms with van der Waals surface area (Å²) in [7, 11) is 0. The van der Waals surface area contributed by atoms with Crippen LogP contribution in [0.2, 0.25) is 0 Å². The Balaban J connectivity index is 1.50. The van der Waals surface area contributed by atoms with E-state index in [0.717, 1.165) is 0 Å². The number of nitrogens with zero attached hydrogens (tertiary/aromatic N) is 3. The number of likely N-dealkylation sites (tertiary alicyclic amines) is 1. The SMILES string of the molecule is NC(N)=Nc1ccc(C(=O)Oc2ccc(C3CCN(C(=O)CCC(=O)N[C@@H](CC(=O)O)C(=O)O)CC3)c(C3=NOC(CC(=O)O)(CC(=O)O)C3)c2)cc1. The van der Waals surface area contributed by atoms with E-state index in [9.17, 15) is 43.8 Å². The lowest BCUT2D eigenvalue weighted by atomic mass is 9.82. The van der Waals surface area contributed by atoms with Gasteiger partial charge >= 0.3 is 29.8 Å². The number of guanidine groups is 1. The second kappa shape index (κ2) is 17.1. The number of aliphatic carboxylic acids is 4. The molecule has 2 aliphatic rings. The van der Waals surface area contributed by atoms with Crippen LogP contribution in [-0.2, 0) is 33.6 Å². The van der Waals surface area contributed by atoms with Crippen molar-refractivity contribution in [2.75, 3.05) is 13.1 Å². The van der Waals surface area contributed by atoms with Gasteiger partial charge in [0.05, 0.1) is 36.2 Å². The molecule has 2 amide bonds. The molecule has 2 aliphatic heterocycles. The molecule has 0 aromatic heterocycles. The highest BCUT2D eigenvalue weighted by atomic mass is 16.7. The summed E-state index contributed by atoms with van der Waals surface area (Å²) in [6, 6.07) is 9.14. The van der Waals surface area contributed by atoms with Crippen LogP contribution in [-0.4, -0.2) is 103 Å². The molecule has 1 atom stereocenters. The van der Waals surface area contributed by atoms with Crippen LogP contribution in [0.5, 0.6) is 5.75 Å². The Morgan fingerprint density at radius 2 is 1.57 bits per heavy atom. The molecule has 19 heteroatoms. The highest BCUT2D eigenvalue weighted by Crippen LogP contribution is 2.39. The maximum atomic E-state index is 13.0. The molecule has 282 valence electrons. The van der Waals surface area contributed by atoms with E-state index < -0.39 is 66.7 Å². The lowest BCUT2D eigenvalue weighted by Gasteiger charge is -2.33. The number of carbonyl (C=O) groups excluding carboxylic acids is 3. The number of carboxylic acids is 4. The fourth-order valence-corrected chi connectivity index (χ4v) is 6.12. The molecule has 1 saturated heterocycles. The fourth-order valence-electron chi connectivity index (χ4n) is 6.12. The van der Waals surface area contributed by atoms with E-state index in [1.165, 1.54) is 30.3 Å². The van der Waals surface area contributed by atoms with Gasteiger partial charge in [0.25, 0.3) is 0 Å². The summed E-state index contributed by atoms with van der Waals surface area (Å²) in [5.74, 6) is -7.58. The van der Waals surface area contributed by atoms with Crippen molar-refractivity contribution >= 4 is 59.0 Å². The number of carbonyl (C=O) groups is 7. The second-order valence-corrected chi connectivity index (χ2v) is 12.6. The minimum Gasteiger partial charge on any atom is -0.481 e. The Kier molecular flexibility index (Phi) is 12.7. The molecular formula is C34H38N6O13. The van der Waals surface area contributed by atoms with Crippen molar-refractivity contribution in [3.8, 4) is 5.75 Å². The normalized spacial score (nSPS) is 15.6.